The Balaban J connectivity index is 1.93. The van der Waals surface area contributed by atoms with E-state index in [-0.39, 0.29) is 25.9 Å². The zero-order valence-corrected chi connectivity index (χ0v) is 10.1. The first-order valence-electron chi connectivity index (χ1n) is 5.78. The van der Waals surface area contributed by atoms with Crippen LogP contribution in [0.4, 0.5) is 13.2 Å². The lowest BCUT2D eigenvalue weighted by atomic mass is 9.91. The van der Waals surface area contributed by atoms with Crippen LogP contribution in [0.15, 0.2) is 12.5 Å². The molecule has 2 rings (SSSR count). The molecule has 4 nitrogen and oxygen atoms in total. The van der Waals surface area contributed by atoms with Crippen LogP contribution in [0, 0.1) is 0 Å². The van der Waals surface area contributed by atoms with Crippen molar-refractivity contribution >= 4 is 0 Å². The fourth-order valence-electron chi connectivity index (χ4n) is 2.13. The van der Waals surface area contributed by atoms with Gasteiger partial charge in [0, 0.05) is 32.9 Å². The van der Waals surface area contributed by atoms with Crippen LogP contribution >= 0.6 is 0 Å². The SMILES string of the molecule is Cn1cncc1CN1CCC(O)(C(F)(F)F)CC1. The monoisotopic (exact) mass is 263 g/mol. The number of nitrogens with zero attached hydrogens (tertiary/aromatic N) is 3. The van der Waals surface area contributed by atoms with Gasteiger partial charge in [0.1, 0.15) is 0 Å². The normalized spacial score (nSPS) is 21.2. The number of alkyl halides is 3. The van der Waals surface area contributed by atoms with Crippen molar-refractivity contribution in [1.82, 2.24) is 14.5 Å². The Bertz CT molecular complexity index is 408. The van der Waals surface area contributed by atoms with Crippen molar-refractivity contribution in [2.45, 2.75) is 31.2 Å². The fraction of sp³-hybridized carbons (Fsp3) is 0.727. The number of halogens is 3. The first-order valence-corrected chi connectivity index (χ1v) is 5.78. The van der Waals surface area contributed by atoms with E-state index in [0.29, 0.717) is 6.54 Å². The molecule has 102 valence electrons. The highest BCUT2D eigenvalue weighted by molar-refractivity contribution is 4.99. The van der Waals surface area contributed by atoms with Gasteiger partial charge in [-0.2, -0.15) is 13.2 Å². The van der Waals surface area contributed by atoms with E-state index in [4.69, 9.17) is 0 Å². The first-order chi connectivity index (χ1) is 8.32. The van der Waals surface area contributed by atoms with Crippen LogP contribution in [0.1, 0.15) is 18.5 Å². The van der Waals surface area contributed by atoms with E-state index >= 15 is 0 Å². The first kappa shape index (κ1) is 13.4. The van der Waals surface area contributed by atoms with Gasteiger partial charge >= 0.3 is 6.18 Å². The van der Waals surface area contributed by atoms with Gasteiger partial charge in [0.2, 0.25) is 0 Å². The number of aryl methyl sites for hydroxylation is 1. The molecule has 1 aliphatic heterocycles. The Morgan fingerprint density at radius 3 is 2.44 bits per heavy atom. The molecule has 7 heteroatoms. The average molecular weight is 263 g/mol. The Labute approximate surface area is 103 Å². The maximum absolute atomic E-state index is 12.6. The lowest BCUT2D eigenvalue weighted by molar-refractivity contribution is -0.272. The Kier molecular flexibility index (Phi) is 3.37. The van der Waals surface area contributed by atoms with Crippen molar-refractivity contribution in [2.75, 3.05) is 13.1 Å². The lowest BCUT2D eigenvalue weighted by Gasteiger charge is -2.39. The number of piperidine rings is 1. The molecule has 0 radical (unpaired) electrons. The molecule has 0 saturated carbocycles. The van der Waals surface area contributed by atoms with Gasteiger partial charge in [0.05, 0.1) is 12.0 Å². The summed E-state index contributed by atoms with van der Waals surface area (Å²) in [5.41, 5.74) is -1.57. The Morgan fingerprint density at radius 2 is 2.00 bits per heavy atom. The molecule has 0 atom stereocenters. The highest BCUT2D eigenvalue weighted by Gasteiger charge is 2.54. The smallest absolute Gasteiger partial charge is 0.380 e. The van der Waals surface area contributed by atoms with Crippen LogP contribution < -0.4 is 0 Å². The fourth-order valence-corrected chi connectivity index (χ4v) is 2.13. The van der Waals surface area contributed by atoms with Crippen molar-refractivity contribution in [3.8, 4) is 0 Å². The largest absolute Gasteiger partial charge is 0.417 e. The lowest BCUT2D eigenvalue weighted by Crippen LogP contribution is -2.53. The predicted octanol–water partition coefficient (Wildman–Crippen LogP) is 1.31. The third-order valence-corrected chi connectivity index (χ3v) is 3.51. The minimum absolute atomic E-state index is 0.237. The highest BCUT2D eigenvalue weighted by atomic mass is 19.4. The molecule has 18 heavy (non-hydrogen) atoms. The van der Waals surface area contributed by atoms with Crippen LogP contribution in [-0.2, 0) is 13.6 Å². The van der Waals surface area contributed by atoms with E-state index in [0.717, 1.165) is 5.69 Å². The molecular weight excluding hydrogens is 247 g/mol. The molecule has 1 saturated heterocycles. The number of rotatable bonds is 2. The van der Waals surface area contributed by atoms with Gasteiger partial charge in [-0.05, 0) is 12.8 Å². The maximum Gasteiger partial charge on any atom is 0.417 e. The van der Waals surface area contributed by atoms with Crippen molar-refractivity contribution in [3.63, 3.8) is 0 Å². The Hall–Kier alpha value is -1.08. The molecule has 1 fully saturated rings. The van der Waals surface area contributed by atoms with E-state index in [1.807, 2.05) is 16.5 Å². The van der Waals surface area contributed by atoms with Gasteiger partial charge in [-0.3, -0.25) is 4.90 Å². The molecular formula is C11H16F3N3O. The summed E-state index contributed by atoms with van der Waals surface area (Å²) in [5.74, 6) is 0. The van der Waals surface area contributed by atoms with Gasteiger partial charge in [-0.25, -0.2) is 4.98 Å². The summed E-state index contributed by atoms with van der Waals surface area (Å²) in [6, 6.07) is 0. The minimum atomic E-state index is -4.54. The summed E-state index contributed by atoms with van der Waals surface area (Å²) in [6.45, 7) is 1.03. The summed E-state index contributed by atoms with van der Waals surface area (Å²) in [7, 11) is 1.85. The maximum atomic E-state index is 12.6. The molecule has 0 aliphatic carbocycles. The molecule has 1 aromatic rings. The quantitative estimate of drug-likeness (QED) is 0.874. The number of imidazole rings is 1. The number of hydrogen-bond acceptors (Lipinski definition) is 3. The van der Waals surface area contributed by atoms with Crippen molar-refractivity contribution < 1.29 is 18.3 Å². The van der Waals surface area contributed by atoms with Crippen LogP contribution in [0.5, 0.6) is 0 Å². The average Bonchev–Trinajstić information content (AvgIpc) is 2.66. The van der Waals surface area contributed by atoms with E-state index in [1.165, 1.54) is 0 Å². The summed E-state index contributed by atoms with van der Waals surface area (Å²) >= 11 is 0. The molecule has 1 N–H and O–H groups in total. The highest BCUT2D eigenvalue weighted by Crippen LogP contribution is 2.38. The van der Waals surface area contributed by atoms with Crippen molar-refractivity contribution in [1.29, 1.82) is 0 Å². The van der Waals surface area contributed by atoms with E-state index < -0.39 is 11.8 Å². The second kappa shape index (κ2) is 4.55. The minimum Gasteiger partial charge on any atom is -0.380 e. The Morgan fingerprint density at radius 1 is 1.39 bits per heavy atom. The molecule has 0 bridgehead atoms. The molecule has 1 aliphatic rings. The third kappa shape index (κ3) is 2.51. The second-order valence-corrected chi connectivity index (χ2v) is 4.80. The van der Waals surface area contributed by atoms with Gasteiger partial charge < -0.3 is 9.67 Å². The zero-order chi connectivity index (χ0) is 13.4. The van der Waals surface area contributed by atoms with Crippen LogP contribution in [-0.4, -0.2) is 44.4 Å². The van der Waals surface area contributed by atoms with Gasteiger partial charge in [0.25, 0.3) is 0 Å². The molecule has 1 aromatic heterocycles. The molecule has 0 unspecified atom stereocenters. The summed E-state index contributed by atoms with van der Waals surface area (Å²) < 4.78 is 39.7. The van der Waals surface area contributed by atoms with E-state index in [1.54, 1.807) is 12.5 Å². The second-order valence-electron chi connectivity index (χ2n) is 4.80. The predicted molar refractivity (Wildman–Crippen MR) is 58.7 cm³/mol. The van der Waals surface area contributed by atoms with Gasteiger partial charge in [-0.15, -0.1) is 0 Å². The number of aromatic nitrogens is 2. The molecule has 0 amide bonds. The van der Waals surface area contributed by atoms with Gasteiger partial charge in [0.15, 0.2) is 5.60 Å². The van der Waals surface area contributed by atoms with Crippen LogP contribution in [0.25, 0.3) is 0 Å². The van der Waals surface area contributed by atoms with E-state index in [9.17, 15) is 18.3 Å². The van der Waals surface area contributed by atoms with Crippen molar-refractivity contribution in [2.24, 2.45) is 7.05 Å². The summed E-state index contributed by atoms with van der Waals surface area (Å²) in [5, 5.41) is 9.54. The van der Waals surface area contributed by atoms with Crippen molar-refractivity contribution in [3.05, 3.63) is 18.2 Å². The standard InChI is InChI=1S/C11H16F3N3O/c1-16-8-15-6-9(16)7-17-4-2-10(18,3-5-17)11(12,13)14/h6,8,18H,2-5,7H2,1H3. The summed E-state index contributed by atoms with van der Waals surface area (Å²) in [6.07, 6.45) is -1.72. The van der Waals surface area contributed by atoms with Crippen LogP contribution in [0.2, 0.25) is 0 Å². The van der Waals surface area contributed by atoms with Crippen LogP contribution in [0.3, 0.4) is 0 Å². The topological polar surface area (TPSA) is 41.3 Å². The van der Waals surface area contributed by atoms with E-state index in [2.05, 4.69) is 4.98 Å². The van der Waals surface area contributed by atoms with Gasteiger partial charge in [-0.1, -0.05) is 0 Å². The number of aliphatic hydroxyl groups is 1. The molecule has 0 spiro atoms. The zero-order valence-electron chi connectivity index (χ0n) is 10.1. The molecule has 0 aromatic carbocycles. The number of likely N-dealkylation sites (tertiary alicyclic amines) is 1. The molecule has 2 heterocycles. The summed E-state index contributed by atoms with van der Waals surface area (Å²) in [4.78, 5) is 5.86. The number of hydrogen-bond donors (Lipinski definition) is 1. The third-order valence-electron chi connectivity index (χ3n) is 3.51.